The summed E-state index contributed by atoms with van der Waals surface area (Å²) in [5.74, 6) is -1.84. The number of esters is 1. The Morgan fingerprint density at radius 2 is 1.53 bits per heavy atom. The topological polar surface area (TPSA) is 93.7 Å². The molecule has 0 aliphatic carbocycles. The van der Waals surface area contributed by atoms with E-state index in [4.69, 9.17) is 9.47 Å². The van der Waals surface area contributed by atoms with Crippen LogP contribution in [0.1, 0.15) is 31.1 Å². The van der Waals surface area contributed by atoms with Gasteiger partial charge >= 0.3 is 5.97 Å². The second-order valence-electron chi connectivity index (χ2n) is 7.00. The van der Waals surface area contributed by atoms with Crippen LogP contribution < -0.4 is 15.4 Å². The fourth-order valence-corrected chi connectivity index (χ4v) is 2.54. The van der Waals surface area contributed by atoms with E-state index in [0.717, 1.165) is 0 Å². The first-order valence-corrected chi connectivity index (χ1v) is 9.43. The average Bonchev–Trinajstić information content (AvgIpc) is 2.73. The normalized spacial score (nSPS) is 12.6. The number of methoxy groups -OCH3 is 1. The van der Waals surface area contributed by atoms with Gasteiger partial charge in [-0.05, 0) is 61.4 Å². The van der Waals surface area contributed by atoms with Gasteiger partial charge in [0.2, 0.25) is 0 Å². The van der Waals surface area contributed by atoms with Gasteiger partial charge in [0.25, 0.3) is 11.8 Å². The van der Waals surface area contributed by atoms with E-state index in [1.165, 1.54) is 38.3 Å². The predicted octanol–water partition coefficient (Wildman–Crippen LogP) is 3.16. The first-order chi connectivity index (χ1) is 14.2. The van der Waals surface area contributed by atoms with Gasteiger partial charge in [0.05, 0.1) is 7.11 Å². The van der Waals surface area contributed by atoms with E-state index in [2.05, 4.69) is 10.6 Å². The molecule has 160 valence electrons. The van der Waals surface area contributed by atoms with E-state index in [1.807, 2.05) is 0 Å². The molecule has 0 unspecified atom stereocenters. The van der Waals surface area contributed by atoms with Crippen molar-refractivity contribution in [2.75, 3.05) is 12.4 Å². The maximum Gasteiger partial charge on any atom is 0.329 e. The summed E-state index contributed by atoms with van der Waals surface area (Å²) < 4.78 is 23.3. The second-order valence-corrected chi connectivity index (χ2v) is 7.00. The Hall–Kier alpha value is -3.42. The zero-order valence-corrected chi connectivity index (χ0v) is 17.3. The van der Waals surface area contributed by atoms with Gasteiger partial charge in [0.1, 0.15) is 17.6 Å². The lowest BCUT2D eigenvalue weighted by Crippen LogP contribution is -2.47. The molecule has 2 N–H and O–H groups in total. The van der Waals surface area contributed by atoms with Crippen LogP contribution in [0.4, 0.5) is 10.1 Å². The van der Waals surface area contributed by atoms with Gasteiger partial charge in [-0.1, -0.05) is 13.8 Å². The highest BCUT2D eigenvalue weighted by atomic mass is 19.1. The molecule has 8 heteroatoms. The van der Waals surface area contributed by atoms with Crippen LogP contribution in [0.15, 0.2) is 48.5 Å². The Labute approximate surface area is 174 Å². The van der Waals surface area contributed by atoms with Gasteiger partial charge in [-0.25, -0.2) is 9.18 Å². The summed E-state index contributed by atoms with van der Waals surface area (Å²) in [7, 11) is 1.52. The second kappa shape index (κ2) is 10.4. The van der Waals surface area contributed by atoms with Gasteiger partial charge < -0.3 is 20.1 Å². The van der Waals surface area contributed by atoms with Gasteiger partial charge in [-0.15, -0.1) is 0 Å². The Kier molecular flexibility index (Phi) is 7.91. The molecule has 7 nitrogen and oxygen atoms in total. The van der Waals surface area contributed by atoms with Crippen LogP contribution in [0.5, 0.6) is 5.75 Å². The molecule has 2 atom stereocenters. The van der Waals surface area contributed by atoms with Crippen LogP contribution in [-0.2, 0) is 14.3 Å². The molecule has 0 aliphatic rings. The van der Waals surface area contributed by atoms with Crippen molar-refractivity contribution < 1.29 is 28.2 Å². The molecular formula is C22H25FN2O5. The Bertz CT molecular complexity index is 881. The Morgan fingerprint density at radius 3 is 2.07 bits per heavy atom. The zero-order chi connectivity index (χ0) is 22.3. The number of halogens is 1. The highest BCUT2D eigenvalue weighted by Gasteiger charge is 2.29. The molecule has 0 spiro atoms. The number of amides is 2. The smallest absolute Gasteiger partial charge is 0.329 e. The molecule has 0 fully saturated rings. The molecule has 0 saturated heterocycles. The summed E-state index contributed by atoms with van der Waals surface area (Å²) in [5.41, 5.74) is 0.730. The molecule has 2 rings (SSSR count). The van der Waals surface area contributed by atoms with Crippen molar-refractivity contribution >= 4 is 23.5 Å². The molecular weight excluding hydrogens is 391 g/mol. The maximum absolute atomic E-state index is 13.0. The van der Waals surface area contributed by atoms with Gasteiger partial charge in [0, 0.05) is 11.3 Å². The zero-order valence-electron chi connectivity index (χ0n) is 17.3. The van der Waals surface area contributed by atoms with Crippen molar-refractivity contribution in [3.63, 3.8) is 0 Å². The molecule has 2 amide bonds. The number of hydrogen-bond donors (Lipinski definition) is 2. The lowest BCUT2D eigenvalue weighted by atomic mass is 10.0. The molecule has 0 heterocycles. The first-order valence-electron chi connectivity index (χ1n) is 9.43. The van der Waals surface area contributed by atoms with Crippen LogP contribution in [0.25, 0.3) is 0 Å². The summed E-state index contributed by atoms with van der Waals surface area (Å²) in [6, 6.07) is 10.7. The third-order valence-corrected chi connectivity index (χ3v) is 4.33. The lowest BCUT2D eigenvalue weighted by Gasteiger charge is -2.23. The van der Waals surface area contributed by atoms with Gasteiger partial charge in [0.15, 0.2) is 6.10 Å². The quantitative estimate of drug-likeness (QED) is 0.645. The number of anilines is 1. The number of rotatable bonds is 8. The Morgan fingerprint density at radius 1 is 0.933 bits per heavy atom. The monoisotopic (exact) mass is 416 g/mol. The molecule has 0 aliphatic heterocycles. The molecule has 30 heavy (non-hydrogen) atoms. The largest absolute Gasteiger partial charge is 0.497 e. The van der Waals surface area contributed by atoms with Crippen molar-refractivity contribution in [1.29, 1.82) is 0 Å². The SMILES string of the molecule is COc1ccc(C(=O)N[C@H](C(=O)O[C@H](C)C(=O)Nc2ccc(F)cc2)C(C)C)cc1. The summed E-state index contributed by atoms with van der Waals surface area (Å²) >= 11 is 0. The molecule has 0 saturated carbocycles. The van der Waals surface area contributed by atoms with Crippen molar-refractivity contribution in [1.82, 2.24) is 5.32 Å². The summed E-state index contributed by atoms with van der Waals surface area (Å²) in [4.78, 5) is 37.3. The molecule has 2 aromatic carbocycles. The molecule has 2 aromatic rings. The van der Waals surface area contributed by atoms with E-state index in [1.54, 1.807) is 38.1 Å². The van der Waals surface area contributed by atoms with Gasteiger partial charge in [-0.3, -0.25) is 9.59 Å². The van der Waals surface area contributed by atoms with Crippen LogP contribution in [0, 0.1) is 11.7 Å². The standard InChI is InChI=1S/C22H25FN2O5/c1-13(2)19(25-21(27)15-5-11-18(29-4)12-6-15)22(28)30-14(3)20(26)24-17-9-7-16(23)8-10-17/h5-14,19H,1-4H3,(H,24,26)(H,25,27)/t14-,19+/m1/s1. The number of hydrogen-bond acceptors (Lipinski definition) is 5. The van der Waals surface area contributed by atoms with E-state index in [-0.39, 0.29) is 5.92 Å². The van der Waals surface area contributed by atoms with E-state index >= 15 is 0 Å². The van der Waals surface area contributed by atoms with E-state index in [9.17, 15) is 18.8 Å². The summed E-state index contributed by atoms with van der Waals surface area (Å²) in [6.45, 7) is 4.92. The van der Waals surface area contributed by atoms with Gasteiger partial charge in [-0.2, -0.15) is 0 Å². The van der Waals surface area contributed by atoms with Crippen LogP contribution >= 0.6 is 0 Å². The summed E-state index contributed by atoms with van der Waals surface area (Å²) in [5, 5.41) is 5.18. The highest BCUT2D eigenvalue weighted by molar-refractivity contribution is 5.98. The van der Waals surface area contributed by atoms with Crippen molar-refractivity contribution in [3.05, 3.63) is 59.9 Å². The summed E-state index contributed by atoms with van der Waals surface area (Å²) in [6.07, 6.45) is -1.11. The van der Waals surface area contributed by atoms with Crippen LogP contribution in [0.3, 0.4) is 0 Å². The first kappa shape index (κ1) is 22.9. The number of benzene rings is 2. The van der Waals surface area contributed by atoms with Crippen molar-refractivity contribution in [2.24, 2.45) is 5.92 Å². The fourth-order valence-electron chi connectivity index (χ4n) is 2.54. The van der Waals surface area contributed by atoms with E-state index < -0.39 is 35.7 Å². The maximum atomic E-state index is 13.0. The number of nitrogens with one attached hydrogen (secondary N) is 2. The van der Waals surface area contributed by atoms with Crippen molar-refractivity contribution in [2.45, 2.75) is 32.9 Å². The Balaban J connectivity index is 1.98. The minimum atomic E-state index is -1.11. The predicted molar refractivity (Wildman–Crippen MR) is 110 cm³/mol. The average molecular weight is 416 g/mol. The molecule has 0 bridgehead atoms. The minimum Gasteiger partial charge on any atom is -0.497 e. The number of carbonyl (C=O) groups is 3. The van der Waals surface area contributed by atoms with E-state index in [0.29, 0.717) is 17.0 Å². The van der Waals surface area contributed by atoms with Crippen LogP contribution in [0.2, 0.25) is 0 Å². The fraction of sp³-hybridized carbons (Fsp3) is 0.318. The van der Waals surface area contributed by atoms with Crippen molar-refractivity contribution in [3.8, 4) is 5.75 Å². The molecule has 0 radical (unpaired) electrons. The highest BCUT2D eigenvalue weighted by Crippen LogP contribution is 2.14. The third kappa shape index (κ3) is 6.30. The van der Waals surface area contributed by atoms with Crippen LogP contribution in [-0.4, -0.2) is 37.0 Å². The third-order valence-electron chi connectivity index (χ3n) is 4.33. The number of carbonyl (C=O) groups excluding carboxylic acids is 3. The minimum absolute atomic E-state index is 0.271. The lowest BCUT2D eigenvalue weighted by molar-refractivity contribution is -0.156. The number of ether oxygens (including phenoxy) is 2. The molecule has 0 aromatic heterocycles.